The number of aromatic nitrogens is 1. The van der Waals surface area contributed by atoms with E-state index in [-0.39, 0.29) is 10.0 Å². The molecule has 0 saturated heterocycles. The fourth-order valence-electron chi connectivity index (χ4n) is 3.44. The maximum Gasteiger partial charge on any atom is 0.203 e. The molecule has 0 N–H and O–H groups in total. The van der Waals surface area contributed by atoms with Crippen LogP contribution < -0.4 is 14.2 Å². The summed E-state index contributed by atoms with van der Waals surface area (Å²) in [5.74, 6) is 0.383. The van der Waals surface area contributed by atoms with Crippen LogP contribution in [-0.4, -0.2) is 42.6 Å². The van der Waals surface area contributed by atoms with Crippen molar-refractivity contribution < 1.29 is 23.2 Å². The van der Waals surface area contributed by atoms with E-state index in [0.717, 1.165) is 16.7 Å². The molecule has 0 aliphatic rings. The molecule has 9 heteroatoms. The smallest absolute Gasteiger partial charge is 0.203 e. The highest BCUT2D eigenvalue weighted by Crippen LogP contribution is 2.45. The zero-order valence-electron chi connectivity index (χ0n) is 18.3. The number of rotatable bonds is 10. The Morgan fingerprint density at radius 2 is 1.67 bits per heavy atom. The van der Waals surface area contributed by atoms with E-state index in [2.05, 4.69) is 4.98 Å². The summed E-state index contributed by atoms with van der Waals surface area (Å²) < 4.78 is 28.7. The van der Waals surface area contributed by atoms with Gasteiger partial charge < -0.3 is 19.0 Å². The van der Waals surface area contributed by atoms with Gasteiger partial charge in [0.2, 0.25) is 5.75 Å². The summed E-state index contributed by atoms with van der Waals surface area (Å²) in [6.45, 7) is 0.300. The second-order valence-electron chi connectivity index (χ2n) is 7.05. The van der Waals surface area contributed by atoms with Crippen LogP contribution in [0.4, 0.5) is 0 Å². The van der Waals surface area contributed by atoms with Crippen molar-refractivity contribution in [2.24, 2.45) is 0 Å². The molecule has 0 aliphatic heterocycles. The van der Waals surface area contributed by atoms with E-state index < -0.39 is 16.7 Å². The maximum atomic E-state index is 12.2. The lowest BCUT2D eigenvalue weighted by Gasteiger charge is -2.22. The van der Waals surface area contributed by atoms with Crippen LogP contribution in [0, 0.1) is 0 Å². The molecule has 0 fully saturated rings. The van der Waals surface area contributed by atoms with Gasteiger partial charge in [-0.25, -0.2) is 0 Å². The third-order valence-electron chi connectivity index (χ3n) is 5.10. The molecule has 3 rings (SSSR count). The highest BCUT2D eigenvalue weighted by Gasteiger charge is 2.27. The fraction of sp³-hybridized carbons (Fsp3) is 0.250. The van der Waals surface area contributed by atoms with Crippen LogP contribution in [0.1, 0.15) is 22.6 Å². The highest BCUT2D eigenvalue weighted by molar-refractivity contribution is 7.84. The van der Waals surface area contributed by atoms with Crippen LogP contribution in [0.15, 0.2) is 53.7 Å². The van der Waals surface area contributed by atoms with Gasteiger partial charge in [0, 0.05) is 51.9 Å². The van der Waals surface area contributed by atoms with Crippen LogP contribution in [0.5, 0.6) is 17.2 Å². The Morgan fingerprint density at radius 1 is 1.00 bits per heavy atom. The monoisotopic (exact) mass is 507 g/mol. The number of carbonyl (C=O) groups excluding carboxylic acids is 1. The maximum absolute atomic E-state index is 12.2. The lowest BCUT2D eigenvalue weighted by atomic mass is 9.92. The average molecular weight is 508 g/mol. The Bertz CT molecular complexity index is 1130. The first-order valence-corrected chi connectivity index (χ1v) is 12.3. The summed E-state index contributed by atoms with van der Waals surface area (Å²) in [4.78, 5) is 16.9. The SMILES string of the molecule is COc1ccc(C(C=O)c2c(Cl)cncc2Cl)c(OCCc2ccc(S(C)=O)cc2)c1OC. The van der Waals surface area contributed by atoms with Gasteiger partial charge in [0.1, 0.15) is 6.29 Å². The molecule has 0 amide bonds. The molecule has 3 aromatic rings. The van der Waals surface area contributed by atoms with Gasteiger partial charge in [-0.2, -0.15) is 0 Å². The summed E-state index contributed by atoms with van der Waals surface area (Å²) in [5.41, 5.74) is 1.98. The van der Waals surface area contributed by atoms with Crippen molar-refractivity contribution in [2.75, 3.05) is 27.1 Å². The molecule has 2 unspecified atom stereocenters. The van der Waals surface area contributed by atoms with Crippen molar-refractivity contribution in [1.82, 2.24) is 4.98 Å². The molecule has 0 bridgehead atoms. The number of hydrogen-bond acceptors (Lipinski definition) is 6. The third-order valence-corrected chi connectivity index (χ3v) is 6.63. The van der Waals surface area contributed by atoms with Crippen LogP contribution >= 0.6 is 23.2 Å². The van der Waals surface area contributed by atoms with E-state index in [1.807, 2.05) is 24.3 Å². The molecule has 1 aromatic heterocycles. The lowest BCUT2D eigenvalue weighted by Crippen LogP contribution is -2.11. The standard InChI is InChI=1S/C24H23Cl2NO5S/c1-30-21-9-8-17(18(14-28)22-19(25)12-27-13-20(22)26)23(24(21)31-2)32-11-10-15-4-6-16(7-5-15)33(3)29/h4-9,12-14,18H,10-11H2,1-3H3. The number of aldehydes is 1. The van der Waals surface area contributed by atoms with E-state index in [0.29, 0.717) is 41.4 Å². The van der Waals surface area contributed by atoms with Crippen molar-refractivity contribution in [3.63, 3.8) is 0 Å². The predicted molar refractivity (Wildman–Crippen MR) is 130 cm³/mol. The minimum absolute atomic E-state index is 0.272. The van der Waals surface area contributed by atoms with Crippen molar-refractivity contribution in [1.29, 1.82) is 0 Å². The van der Waals surface area contributed by atoms with Gasteiger partial charge in [0.15, 0.2) is 11.5 Å². The summed E-state index contributed by atoms with van der Waals surface area (Å²) in [6.07, 6.45) is 5.85. The Morgan fingerprint density at radius 3 is 2.21 bits per heavy atom. The molecule has 33 heavy (non-hydrogen) atoms. The number of methoxy groups -OCH3 is 2. The highest BCUT2D eigenvalue weighted by atomic mass is 35.5. The Balaban J connectivity index is 1.96. The van der Waals surface area contributed by atoms with Gasteiger partial charge >= 0.3 is 0 Å². The second kappa shape index (κ2) is 11.5. The van der Waals surface area contributed by atoms with E-state index >= 15 is 0 Å². The number of nitrogens with zero attached hydrogens (tertiary/aromatic N) is 1. The summed E-state index contributed by atoms with van der Waals surface area (Å²) in [5, 5.41) is 0.544. The zero-order chi connectivity index (χ0) is 24.0. The van der Waals surface area contributed by atoms with Crippen molar-refractivity contribution >= 4 is 40.3 Å². The zero-order valence-corrected chi connectivity index (χ0v) is 20.7. The third kappa shape index (κ3) is 5.66. The number of benzene rings is 2. The van der Waals surface area contributed by atoms with Crippen molar-refractivity contribution in [3.8, 4) is 17.2 Å². The number of carbonyl (C=O) groups is 1. The summed E-state index contributed by atoms with van der Waals surface area (Å²) in [7, 11) is 1.99. The minimum atomic E-state index is -1.03. The van der Waals surface area contributed by atoms with E-state index in [9.17, 15) is 9.00 Å². The number of pyridine rings is 1. The van der Waals surface area contributed by atoms with Crippen LogP contribution in [0.3, 0.4) is 0 Å². The number of hydrogen-bond donors (Lipinski definition) is 0. The fourth-order valence-corrected chi connectivity index (χ4v) is 4.56. The lowest BCUT2D eigenvalue weighted by molar-refractivity contribution is -0.108. The molecule has 6 nitrogen and oxygen atoms in total. The number of halogens is 2. The van der Waals surface area contributed by atoms with Gasteiger partial charge in [-0.1, -0.05) is 41.4 Å². The largest absolute Gasteiger partial charge is 0.493 e. The molecule has 0 radical (unpaired) electrons. The van der Waals surface area contributed by atoms with Gasteiger partial charge in [-0.05, 0) is 23.8 Å². The second-order valence-corrected chi connectivity index (χ2v) is 9.24. The molecule has 0 spiro atoms. The molecule has 174 valence electrons. The van der Waals surface area contributed by atoms with Crippen LogP contribution in [0.25, 0.3) is 0 Å². The summed E-state index contributed by atoms with van der Waals surface area (Å²) in [6, 6.07) is 10.9. The number of ether oxygens (including phenoxy) is 3. The topological polar surface area (TPSA) is 74.7 Å². The molecule has 0 saturated carbocycles. The predicted octanol–water partition coefficient (Wildman–Crippen LogP) is 5.10. The summed E-state index contributed by atoms with van der Waals surface area (Å²) >= 11 is 12.7. The Kier molecular flexibility index (Phi) is 8.72. The Hall–Kier alpha value is -2.61. The van der Waals surface area contributed by atoms with E-state index in [4.69, 9.17) is 37.4 Å². The van der Waals surface area contributed by atoms with Gasteiger partial charge in [-0.15, -0.1) is 0 Å². The minimum Gasteiger partial charge on any atom is -0.493 e. The first-order valence-electron chi connectivity index (χ1n) is 9.95. The van der Waals surface area contributed by atoms with Crippen LogP contribution in [-0.2, 0) is 22.0 Å². The van der Waals surface area contributed by atoms with Crippen LogP contribution in [0.2, 0.25) is 10.0 Å². The molecule has 1 heterocycles. The molecule has 0 aliphatic carbocycles. The van der Waals surface area contributed by atoms with E-state index in [1.54, 1.807) is 18.4 Å². The molecular weight excluding hydrogens is 485 g/mol. The molecule has 2 atom stereocenters. The Labute approximate surface area is 205 Å². The van der Waals surface area contributed by atoms with Crippen molar-refractivity contribution in [3.05, 3.63) is 75.5 Å². The van der Waals surface area contributed by atoms with Gasteiger partial charge in [-0.3, -0.25) is 9.19 Å². The van der Waals surface area contributed by atoms with E-state index in [1.165, 1.54) is 26.6 Å². The first-order chi connectivity index (χ1) is 15.9. The van der Waals surface area contributed by atoms with Gasteiger partial charge in [0.05, 0.1) is 36.8 Å². The quantitative estimate of drug-likeness (QED) is 0.355. The molecule has 2 aromatic carbocycles. The normalized spacial score (nSPS) is 12.6. The molecular formula is C24H23Cl2NO5S. The average Bonchev–Trinajstić information content (AvgIpc) is 2.81. The van der Waals surface area contributed by atoms with Crippen molar-refractivity contribution in [2.45, 2.75) is 17.2 Å². The first kappa shape index (κ1) is 25.0. The van der Waals surface area contributed by atoms with Gasteiger partial charge in [0.25, 0.3) is 0 Å².